The molecule has 7 heteroatoms. The van der Waals surface area contributed by atoms with Gasteiger partial charge in [-0.05, 0) is 37.3 Å². The standard InChI is InChI=1S/C20H29N3O3S/c1-14-9-15(2)11-23(10-14)12-16(3)22-27(24,25)19-7-5-18(6-8-19)20-13-26-17(4)21-20/h5-8,13-16,22H,9-12H2,1-4H3/t14-,15+,16-/m1/s1. The van der Waals surface area contributed by atoms with E-state index in [1.165, 1.54) is 6.42 Å². The smallest absolute Gasteiger partial charge is 0.240 e. The third kappa shape index (κ3) is 5.18. The second kappa shape index (κ2) is 8.12. The van der Waals surface area contributed by atoms with Gasteiger partial charge in [0.2, 0.25) is 10.0 Å². The zero-order valence-electron chi connectivity index (χ0n) is 16.5. The van der Waals surface area contributed by atoms with Crippen LogP contribution in [0.15, 0.2) is 39.8 Å². The van der Waals surface area contributed by atoms with Gasteiger partial charge >= 0.3 is 0 Å². The first kappa shape index (κ1) is 20.0. The molecule has 1 aromatic carbocycles. The average Bonchev–Trinajstić information content (AvgIpc) is 3.00. The monoisotopic (exact) mass is 391 g/mol. The average molecular weight is 392 g/mol. The minimum absolute atomic E-state index is 0.148. The van der Waals surface area contributed by atoms with Crippen LogP contribution >= 0.6 is 0 Å². The summed E-state index contributed by atoms with van der Waals surface area (Å²) in [5.41, 5.74) is 1.53. The minimum atomic E-state index is -3.55. The summed E-state index contributed by atoms with van der Waals surface area (Å²) in [7, 11) is -3.55. The number of nitrogens with zero attached hydrogens (tertiary/aromatic N) is 2. The molecule has 3 rings (SSSR count). The molecule has 0 amide bonds. The molecule has 1 N–H and O–H groups in total. The highest BCUT2D eigenvalue weighted by Crippen LogP contribution is 2.22. The second-order valence-corrected chi connectivity index (χ2v) is 9.68. The molecule has 0 unspecified atom stereocenters. The molecule has 27 heavy (non-hydrogen) atoms. The van der Waals surface area contributed by atoms with Gasteiger partial charge < -0.3 is 9.32 Å². The van der Waals surface area contributed by atoms with E-state index < -0.39 is 10.0 Å². The molecule has 148 valence electrons. The Kier molecular flexibility index (Phi) is 6.03. The van der Waals surface area contributed by atoms with E-state index in [0.717, 1.165) is 25.2 Å². The number of hydrogen-bond donors (Lipinski definition) is 1. The van der Waals surface area contributed by atoms with Crippen molar-refractivity contribution in [1.82, 2.24) is 14.6 Å². The first-order chi connectivity index (χ1) is 12.7. The molecule has 6 nitrogen and oxygen atoms in total. The second-order valence-electron chi connectivity index (χ2n) is 7.96. The molecule has 1 aromatic heterocycles. The fourth-order valence-corrected chi connectivity index (χ4v) is 5.23. The Morgan fingerprint density at radius 1 is 1.22 bits per heavy atom. The summed E-state index contributed by atoms with van der Waals surface area (Å²) in [4.78, 5) is 6.89. The maximum atomic E-state index is 12.7. The van der Waals surface area contributed by atoms with E-state index in [2.05, 4.69) is 28.5 Å². The van der Waals surface area contributed by atoms with Crippen LogP contribution in [-0.4, -0.2) is 44.0 Å². The van der Waals surface area contributed by atoms with E-state index in [-0.39, 0.29) is 10.9 Å². The Bertz CT molecular complexity index is 851. The first-order valence-electron chi connectivity index (χ1n) is 9.50. The number of rotatable bonds is 6. The number of aromatic nitrogens is 1. The van der Waals surface area contributed by atoms with Gasteiger partial charge in [-0.2, -0.15) is 0 Å². The zero-order chi connectivity index (χ0) is 19.6. The predicted octanol–water partition coefficient (Wildman–Crippen LogP) is 3.29. The molecule has 3 atom stereocenters. The van der Waals surface area contributed by atoms with Crippen molar-refractivity contribution in [2.75, 3.05) is 19.6 Å². The van der Waals surface area contributed by atoms with E-state index in [0.29, 0.717) is 23.4 Å². The van der Waals surface area contributed by atoms with Gasteiger partial charge in [-0.25, -0.2) is 18.1 Å². The molecule has 1 fully saturated rings. The van der Waals surface area contributed by atoms with Crippen LogP contribution in [0.1, 0.15) is 33.1 Å². The van der Waals surface area contributed by atoms with Crippen LogP contribution < -0.4 is 4.72 Å². The van der Waals surface area contributed by atoms with Gasteiger partial charge in [0.25, 0.3) is 0 Å². The minimum Gasteiger partial charge on any atom is -0.449 e. The third-order valence-corrected chi connectivity index (χ3v) is 6.52. The fourth-order valence-electron chi connectivity index (χ4n) is 4.00. The van der Waals surface area contributed by atoms with Gasteiger partial charge in [0, 0.05) is 38.2 Å². The quantitative estimate of drug-likeness (QED) is 0.818. The van der Waals surface area contributed by atoms with Crippen molar-refractivity contribution in [3.05, 3.63) is 36.4 Å². The largest absolute Gasteiger partial charge is 0.449 e. The summed E-state index contributed by atoms with van der Waals surface area (Å²) in [5.74, 6) is 1.90. The lowest BCUT2D eigenvalue weighted by atomic mass is 9.92. The van der Waals surface area contributed by atoms with Gasteiger partial charge in [-0.15, -0.1) is 0 Å². The highest BCUT2D eigenvalue weighted by molar-refractivity contribution is 7.89. The van der Waals surface area contributed by atoms with E-state index in [1.54, 1.807) is 37.5 Å². The molecular formula is C20H29N3O3S. The molecule has 0 spiro atoms. The van der Waals surface area contributed by atoms with Crippen LogP contribution in [0.3, 0.4) is 0 Å². The van der Waals surface area contributed by atoms with Crippen LogP contribution in [0.4, 0.5) is 0 Å². The maximum Gasteiger partial charge on any atom is 0.240 e. The van der Waals surface area contributed by atoms with Gasteiger partial charge in [-0.3, -0.25) is 0 Å². The number of likely N-dealkylation sites (tertiary alicyclic amines) is 1. The predicted molar refractivity (Wildman–Crippen MR) is 106 cm³/mol. The highest BCUT2D eigenvalue weighted by atomic mass is 32.2. The molecule has 1 saturated heterocycles. The Hall–Kier alpha value is -1.70. The number of aryl methyl sites for hydroxylation is 1. The molecule has 1 aliphatic rings. The maximum absolute atomic E-state index is 12.7. The molecule has 1 aliphatic heterocycles. The first-order valence-corrected chi connectivity index (χ1v) is 11.0. The summed E-state index contributed by atoms with van der Waals surface area (Å²) >= 11 is 0. The number of oxazole rings is 1. The number of sulfonamides is 1. The summed E-state index contributed by atoms with van der Waals surface area (Å²) in [6, 6.07) is 6.58. The molecule has 2 heterocycles. The normalized spacial score (nSPS) is 22.7. The highest BCUT2D eigenvalue weighted by Gasteiger charge is 2.25. The van der Waals surface area contributed by atoms with Crippen LogP contribution in [-0.2, 0) is 10.0 Å². The van der Waals surface area contributed by atoms with Crippen molar-refractivity contribution in [1.29, 1.82) is 0 Å². The van der Waals surface area contributed by atoms with Crippen molar-refractivity contribution < 1.29 is 12.8 Å². The van der Waals surface area contributed by atoms with Gasteiger partial charge in [-0.1, -0.05) is 26.0 Å². The molecule has 2 aromatic rings. The summed E-state index contributed by atoms with van der Waals surface area (Å²) in [5, 5.41) is 0. The Morgan fingerprint density at radius 3 is 2.41 bits per heavy atom. The lowest BCUT2D eigenvalue weighted by molar-refractivity contribution is 0.134. The van der Waals surface area contributed by atoms with Crippen molar-refractivity contribution >= 4 is 10.0 Å². The lowest BCUT2D eigenvalue weighted by Gasteiger charge is -2.36. The number of hydrogen-bond acceptors (Lipinski definition) is 5. The van der Waals surface area contributed by atoms with Crippen molar-refractivity contribution in [2.24, 2.45) is 11.8 Å². The number of piperidine rings is 1. The van der Waals surface area contributed by atoms with Gasteiger partial charge in [0.15, 0.2) is 5.89 Å². The van der Waals surface area contributed by atoms with Crippen molar-refractivity contribution in [2.45, 2.75) is 45.1 Å². The third-order valence-electron chi connectivity index (χ3n) is 4.91. The van der Waals surface area contributed by atoms with Gasteiger partial charge in [0.1, 0.15) is 12.0 Å². The van der Waals surface area contributed by atoms with Crippen LogP contribution in [0.2, 0.25) is 0 Å². The fraction of sp³-hybridized carbons (Fsp3) is 0.550. The zero-order valence-corrected chi connectivity index (χ0v) is 17.3. The summed E-state index contributed by atoms with van der Waals surface area (Å²) in [6.45, 7) is 11.0. The van der Waals surface area contributed by atoms with Crippen molar-refractivity contribution in [3.63, 3.8) is 0 Å². The summed E-state index contributed by atoms with van der Waals surface area (Å²) in [6.07, 6.45) is 2.81. The van der Waals surface area contributed by atoms with Crippen LogP contribution in [0.25, 0.3) is 11.3 Å². The van der Waals surface area contributed by atoms with E-state index in [1.807, 2.05) is 6.92 Å². The Labute approximate surface area is 162 Å². The van der Waals surface area contributed by atoms with Crippen LogP contribution in [0, 0.1) is 18.8 Å². The van der Waals surface area contributed by atoms with Gasteiger partial charge in [0.05, 0.1) is 4.90 Å². The number of benzene rings is 1. The molecule has 0 radical (unpaired) electrons. The van der Waals surface area contributed by atoms with Crippen LogP contribution in [0.5, 0.6) is 0 Å². The molecule has 0 aliphatic carbocycles. The van der Waals surface area contributed by atoms with Crippen molar-refractivity contribution in [3.8, 4) is 11.3 Å². The van der Waals surface area contributed by atoms with E-state index >= 15 is 0 Å². The molecule has 0 bridgehead atoms. The topological polar surface area (TPSA) is 75.4 Å². The molecule has 0 saturated carbocycles. The molecular weight excluding hydrogens is 362 g/mol. The SMILES string of the molecule is Cc1nc(-c2ccc(S(=O)(=O)N[C@H](C)CN3C[C@H](C)C[C@H](C)C3)cc2)co1. The number of nitrogens with one attached hydrogen (secondary N) is 1. The lowest BCUT2D eigenvalue weighted by Crippen LogP contribution is -2.46. The summed E-state index contributed by atoms with van der Waals surface area (Å²) < 4.78 is 33.4. The van der Waals surface area contributed by atoms with E-state index in [4.69, 9.17) is 4.42 Å². The Morgan fingerprint density at radius 2 is 1.85 bits per heavy atom. The van der Waals surface area contributed by atoms with E-state index in [9.17, 15) is 8.42 Å². The Balaban J connectivity index is 1.63.